The SMILES string of the molecule is CC(Cc1ncnc2nc[nH]c12)c1cc(Cl)c2cccnc2c1N1CCN(CC(=O)N(C)C)CC1. The summed E-state index contributed by atoms with van der Waals surface area (Å²) in [6, 6.07) is 6.02. The van der Waals surface area contributed by atoms with Gasteiger partial charge in [-0.2, -0.15) is 0 Å². The van der Waals surface area contributed by atoms with Gasteiger partial charge in [-0.25, -0.2) is 15.0 Å². The van der Waals surface area contributed by atoms with Gasteiger partial charge in [0.15, 0.2) is 5.65 Å². The number of fused-ring (bicyclic) bond motifs is 2. The number of aromatic amines is 1. The molecule has 1 saturated heterocycles. The normalized spacial score (nSPS) is 15.6. The summed E-state index contributed by atoms with van der Waals surface area (Å²) in [5.41, 5.74) is 5.63. The fourth-order valence-corrected chi connectivity index (χ4v) is 5.02. The topological polar surface area (TPSA) is 94.1 Å². The van der Waals surface area contributed by atoms with Crippen molar-refractivity contribution < 1.29 is 4.79 Å². The zero-order chi connectivity index (χ0) is 24.5. The highest BCUT2D eigenvalue weighted by molar-refractivity contribution is 6.36. The Morgan fingerprint density at radius 2 is 1.97 bits per heavy atom. The monoisotopic (exact) mass is 492 g/mol. The van der Waals surface area contributed by atoms with Crippen molar-refractivity contribution in [2.24, 2.45) is 0 Å². The van der Waals surface area contributed by atoms with Crippen LogP contribution in [0.3, 0.4) is 0 Å². The van der Waals surface area contributed by atoms with Crippen molar-refractivity contribution in [3.63, 3.8) is 0 Å². The number of nitrogens with one attached hydrogen (secondary N) is 1. The van der Waals surface area contributed by atoms with E-state index in [9.17, 15) is 4.79 Å². The number of benzene rings is 1. The highest BCUT2D eigenvalue weighted by Crippen LogP contribution is 2.39. The van der Waals surface area contributed by atoms with Crippen molar-refractivity contribution in [2.45, 2.75) is 19.3 Å². The molecule has 10 heteroatoms. The smallest absolute Gasteiger partial charge is 0.236 e. The lowest BCUT2D eigenvalue weighted by Gasteiger charge is -2.38. The average Bonchev–Trinajstić information content (AvgIpc) is 3.35. The summed E-state index contributed by atoms with van der Waals surface area (Å²) in [7, 11) is 3.60. The van der Waals surface area contributed by atoms with Crippen LogP contribution < -0.4 is 4.90 Å². The number of imidazole rings is 1. The summed E-state index contributed by atoms with van der Waals surface area (Å²) < 4.78 is 0. The first-order valence-corrected chi connectivity index (χ1v) is 12.2. The molecule has 1 aromatic carbocycles. The van der Waals surface area contributed by atoms with Gasteiger partial charge in [0.05, 0.1) is 34.8 Å². The number of amides is 1. The summed E-state index contributed by atoms with van der Waals surface area (Å²) >= 11 is 6.76. The zero-order valence-electron chi connectivity index (χ0n) is 20.2. The molecule has 1 fully saturated rings. The molecule has 3 aromatic heterocycles. The second-order valence-corrected chi connectivity index (χ2v) is 9.68. The van der Waals surface area contributed by atoms with Crippen LogP contribution >= 0.6 is 11.6 Å². The zero-order valence-corrected chi connectivity index (χ0v) is 21.0. The molecule has 35 heavy (non-hydrogen) atoms. The number of nitrogens with zero attached hydrogens (tertiary/aromatic N) is 7. The van der Waals surface area contributed by atoms with E-state index in [1.807, 2.05) is 18.3 Å². The number of likely N-dealkylation sites (N-methyl/N-ethyl adjacent to an activating group) is 1. The van der Waals surface area contributed by atoms with Crippen LogP contribution in [0, 0.1) is 0 Å². The summed E-state index contributed by atoms with van der Waals surface area (Å²) in [4.78, 5) is 39.4. The molecule has 1 unspecified atom stereocenters. The van der Waals surface area contributed by atoms with Gasteiger partial charge < -0.3 is 14.8 Å². The van der Waals surface area contributed by atoms with Crippen molar-refractivity contribution in [2.75, 3.05) is 51.7 Å². The molecular formula is C25H29ClN8O. The lowest BCUT2D eigenvalue weighted by Crippen LogP contribution is -2.49. The molecule has 0 saturated carbocycles. The van der Waals surface area contributed by atoms with Gasteiger partial charge in [0.2, 0.25) is 5.91 Å². The molecular weight excluding hydrogens is 464 g/mol. The Balaban J connectivity index is 1.48. The first-order valence-electron chi connectivity index (χ1n) is 11.8. The van der Waals surface area contributed by atoms with Crippen LogP contribution in [0.15, 0.2) is 37.1 Å². The molecule has 1 N–H and O–H groups in total. The van der Waals surface area contributed by atoms with Gasteiger partial charge in [0, 0.05) is 51.9 Å². The number of piperazine rings is 1. The first kappa shape index (κ1) is 23.4. The Labute approximate surface area is 209 Å². The third kappa shape index (κ3) is 4.66. The van der Waals surface area contributed by atoms with E-state index in [0.29, 0.717) is 23.6 Å². The van der Waals surface area contributed by atoms with Crippen LogP contribution in [0.1, 0.15) is 24.1 Å². The molecule has 0 bridgehead atoms. The van der Waals surface area contributed by atoms with E-state index in [0.717, 1.165) is 59.5 Å². The molecule has 4 aromatic rings. The molecule has 1 atom stereocenters. The standard InChI is InChI=1S/C25H29ClN8O/c1-16(11-20-23-25(30-14-28-20)31-15-29-23)18-12-19(26)17-5-4-6-27-22(17)24(18)34-9-7-33(8-10-34)13-21(35)32(2)3/h4-6,12,14-16H,7-11,13H2,1-3H3,(H,28,29,30,31). The van der Waals surface area contributed by atoms with Crippen molar-refractivity contribution in [1.82, 2.24) is 34.7 Å². The minimum absolute atomic E-state index is 0.126. The van der Waals surface area contributed by atoms with Gasteiger partial charge >= 0.3 is 0 Å². The third-order valence-electron chi connectivity index (χ3n) is 6.72. The van der Waals surface area contributed by atoms with E-state index < -0.39 is 0 Å². The Morgan fingerprint density at radius 3 is 2.74 bits per heavy atom. The van der Waals surface area contributed by atoms with Crippen LogP contribution in [-0.4, -0.2) is 87.4 Å². The lowest BCUT2D eigenvalue weighted by molar-refractivity contribution is -0.129. The van der Waals surface area contributed by atoms with Crippen molar-refractivity contribution in [3.8, 4) is 0 Å². The second-order valence-electron chi connectivity index (χ2n) is 9.27. The van der Waals surface area contributed by atoms with E-state index in [4.69, 9.17) is 16.6 Å². The van der Waals surface area contributed by atoms with Gasteiger partial charge in [0.1, 0.15) is 11.8 Å². The van der Waals surface area contributed by atoms with Crippen molar-refractivity contribution >= 4 is 45.3 Å². The molecule has 9 nitrogen and oxygen atoms in total. The van der Waals surface area contributed by atoms with Crippen LogP contribution in [0.25, 0.3) is 22.1 Å². The van der Waals surface area contributed by atoms with Gasteiger partial charge in [-0.05, 0) is 36.1 Å². The average molecular weight is 493 g/mol. The molecule has 5 rings (SSSR count). The predicted octanol–water partition coefficient (Wildman–Crippen LogP) is 3.11. The number of anilines is 1. The number of hydrogen-bond acceptors (Lipinski definition) is 7. The second kappa shape index (κ2) is 9.75. The fraction of sp³-hybridized carbons (Fsp3) is 0.400. The van der Waals surface area contributed by atoms with Gasteiger partial charge in [0.25, 0.3) is 0 Å². The number of H-pyrrole nitrogens is 1. The van der Waals surface area contributed by atoms with Crippen molar-refractivity contribution in [3.05, 3.63) is 53.3 Å². The minimum atomic E-state index is 0.126. The van der Waals surface area contributed by atoms with Crippen LogP contribution in [-0.2, 0) is 11.2 Å². The molecule has 1 amide bonds. The van der Waals surface area contributed by atoms with E-state index in [-0.39, 0.29) is 11.8 Å². The maximum Gasteiger partial charge on any atom is 0.236 e. The number of pyridine rings is 1. The van der Waals surface area contributed by atoms with Gasteiger partial charge in [-0.1, -0.05) is 18.5 Å². The largest absolute Gasteiger partial charge is 0.367 e. The lowest BCUT2D eigenvalue weighted by atomic mass is 9.92. The Bertz CT molecular complexity index is 1360. The number of halogens is 1. The van der Waals surface area contributed by atoms with E-state index in [1.165, 1.54) is 0 Å². The molecule has 182 valence electrons. The van der Waals surface area contributed by atoms with Crippen LogP contribution in [0.4, 0.5) is 5.69 Å². The van der Waals surface area contributed by atoms with E-state index in [2.05, 4.69) is 42.7 Å². The molecule has 1 aliphatic rings. The van der Waals surface area contributed by atoms with E-state index >= 15 is 0 Å². The van der Waals surface area contributed by atoms with E-state index in [1.54, 1.807) is 31.6 Å². The number of aromatic nitrogens is 5. The first-order chi connectivity index (χ1) is 16.9. The fourth-order valence-electron chi connectivity index (χ4n) is 4.75. The third-order valence-corrected chi connectivity index (χ3v) is 7.04. The highest BCUT2D eigenvalue weighted by atomic mass is 35.5. The Kier molecular flexibility index (Phi) is 6.53. The van der Waals surface area contributed by atoms with Crippen LogP contribution in [0.5, 0.6) is 0 Å². The molecule has 0 aliphatic carbocycles. The van der Waals surface area contributed by atoms with Gasteiger partial charge in [-0.15, -0.1) is 0 Å². The summed E-state index contributed by atoms with van der Waals surface area (Å²) in [5.74, 6) is 0.255. The molecule has 0 spiro atoms. The number of carbonyl (C=O) groups excluding carboxylic acids is 1. The van der Waals surface area contributed by atoms with Crippen LogP contribution in [0.2, 0.25) is 5.02 Å². The molecule has 0 radical (unpaired) electrons. The summed E-state index contributed by atoms with van der Waals surface area (Å²) in [6.07, 6.45) is 5.74. The maximum atomic E-state index is 12.2. The Morgan fingerprint density at radius 1 is 1.17 bits per heavy atom. The summed E-state index contributed by atoms with van der Waals surface area (Å²) in [6.45, 7) is 5.88. The molecule has 4 heterocycles. The van der Waals surface area contributed by atoms with Gasteiger partial charge in [-0.3, -0.25) is 14.7 Å². The summed E-state index contributed by atoms with van der Waals surface area (Å²) in [5, 5.41) is 1.65. The van der Waals surface area contributed by atoms with Crippen molar-refractivity contribution in [1.29, 1.82) is 0 Å². The Hall–Kier alpha value is -3.30. The highest BCUT2D eigenvalue weighted by Gasteiger charge is 2.26. The number of rotatable bonds is 6. The number of hydrogen-bond donors (Lipinski definition) is 1. The quantitative estimate of drug-likeness (QED) is 0.442. The predicted molar refractivity (Wildman–Crippen MR) is 138 cm³/mol. The molecule has 1 aliphatic heterocycles. The minimum Gasteiger partial charge on any atom is -0.367 e. The maximum absolute atomic E-state index is 12.2. The number of carbonyl (C=O) groups is 1.